The molecule has 0 heterocycles. The van der Waals surface area contributed by atoms with Crippen LogP contribution < -0.4 is 5.32 Å². The molecule has 0 aromatic heterocycles. The summed E-state index contributed by atoms with van der Waals surface area (Å²) in [4.78, 5) is 11.4. The summed E-state index contributed by atoms with van der Waals surface area (Å²) < 4.78 is 37.1. The molecule has 1 aromatic rings. The Morgan fingerprint density at radius 3 is 2.43 bits per heavy atom. The van der Waals surface area contributed by atoms with Gasteiger partial charge in [0.1, 0.15) is 4.90 Å². The van der Waals surface area contributed by atoms with E-state index in [0.717, 1.165) is 12.5 Å². The van der Waals surface area contributed by atoms with Crippen LogP contribution in [0.5, 0.6) is 0 Å². The topological polar surface area (TPSA) is 63.2 Å². The Morgan fingerprint density at radius 2 is 1.95 bits per heavy atom. The maximum absolute atomic E-state index is 14.2. The van der Waals surface area contributed by atoms with E-state index in [0.29, 0.717) is 5.92 Å². The number of rotatable bonds is 5. The van der Waals surface area contributed by atoms with Crippen molar-refractivity contribution in [3.8, 4) is 0 Å². The molecular weight excluding hydrogens is 385 g/mol. The molecule has 1 atom stereocenters. The van der Waals surface area contributed by atoms with Crippen LogP contribution in [-0.2, 0) is 9.05 Å². The minimum Gasteiger partial charge on any atom is -0.349 e. The van der Waals surface area contributed by atoms with Gasteiger partial charge in [0.2, 0.25) is 0 Å². The van der Waals surface area contributed by atoms with E-state index in [-0.39, 0.29) is 16.1 Å². The van der Waals surface area contributed by atoms with Gasteiger partial charge in [-0.2, -0.15) is 0 Å². The third-order valence-electron chi connectivity index (χ3n) is 2.71. The van der Waals surface area contributed by atoms with Gasteiger partial charge in [-0.1, -0.05) is 29.8 Å². The van der Waals surface area contributed by atoms with Crippen LogP contribution in [0.3, 0.4) is 0 Å². The second kappa shape index (κ2) is 7.07. The normalized spacial score (nSPS) is 13.3. The highest BCUT2D eigenvalue weighted by Gasteiger charge is 2.24. The summed E-state index contributed by atoms with van der Waals surface area (Å²) in [6.45, 7) is 5.80. The second-order valence-electron chi connectivity index (χ2n) is 5.21. The van der Waals surface area contributed by atoms with Crippen LogP contribution in [-0.4, -0.2) is 20.4 Å². The molecule has 1 unspecified atom stereocenters. The Kier molecular flexibility index (Phi) is 6.19. The van der Waals surface area contributed by atoms with Gasteiger partial charge < -0.3 is 5.32 Å². The molecule has 21 heavy (non-hydrogen) atoms. The Labute approximate surface area is 136 Å². The highest BCUT2D eigenvalue weighted by molar-refractivity contribution is 9.10. The Morgan fingerprint density at radius 1 is 1.38 bits per heavy atom. The average molecular weight is 401 g/mol. The van der Waals surface area contributed by atoms with E-state index in [1.165, 1.54) is 6.07 Å². The molecule has 1 aromatic carbocycles. The van der Waals surface area contributed by atoms with E-state index >= 15 is 0 Å². The van der Waals surface area contributed by atoms with Crippen molar-refractivity contribution in [3.05, 3.63) is 28.0 Å². The van der Waals surface area contributed by atoms with Crippen molar-refractivity contribution >= 4 is 41.6 Å². The van der Waals surface area contributed by atoms with E-state index in [1.54, 1.807) is 6.92 Å². The predicted molar refractivity (Wildman–Crippen MR) is 83.5 cm³/mol. The molecule has 0 saturated carbocycles. The maximum atomic E-state index is 14.2. The first kappa shape index (κ1) is 18.4. The van der Waals surface area contributed by atoms with E-state index in [1.807, 2.05) is 13.8 Å². The van der Waals surface area contributed by atoms with Gasteiger partial charge in [0, 0.05) is 21.2 Å². The summed E-state index contributed by atoms with van der Waals surface area (Å²) in [5, 5.41) is 2.64. The van der Waals surface area contributed by atoms with Crippen molar-refractivity contribution in [2.75, 3.05) is 0 Å². The zero-order valence-corrected chi connectivity index (χ0v) is 14.9. The summed E-state index contributed by atoms with van der Waals surface area (Å²) >= 11 is 3.04. The van der Waals surface area contributed by atoms with Crippen LogP contribution in [0, 0.1) is 11.7 Å². The molecular formula is C13H16BrClFNO3S. The second-order valence-corrected chi connectivity index (χ2v) is 8.66. The predicted octanol–water partition coefficient (Wildman–Crippen LogP) is 3.68. The first-order valence-electron chi connectivity index (χ1n) is 6.27. The number of carbonyl (C=O) groups excluding carboxylic acids is 1. The van der Waals surface area contributed by atoms with Gasteiger partial charge in [-0.3, -0.25) is 4.79 Å². The molecule has 0 radical (unpaired) electrons. The highest BCUT2D eigenvalue weighted by atomic mass is 79.9. The molecule has 8 heteroatoms. The Hall–Kier alpha value is -0.660. The average Bonchev–Trinajstić information content (AvgIpc) is 2.28. The van der Waals surface area contributed by atoms with E-state index in [4.69, 9.17) is 10.7 Å². The molecule has 118 valence electrons. The fourth-order valence-corrected chi connectivity index (χ4v) is 3.51. The van der Waals surface area contributed by atoms with Gasteiger partial charge in [-0.15, -0.1) is 0 Å². The minimum absolute atomic E-state index is 0.160. The van der Waals surface area contributed by atoms with Crippen molar-refractivity contribution in [1.82, 2.24) is 5.32 Å². The molecule has 0 fully saturated rings. The summed E-state index contributed by atoms with van der Waals surface area (Å²) in [5.74, 6) is -1.46. The summed E-state index contributed by atoms with van der Waals surface area (Å²) in [7, 11) is 0.894. The highest BCUT2D eigenvalue weighted by Crippen LogP contribution is 2.26. The van der Waals surface area contributed by atoms with Crippen LogP contribution >= 0.6 is 26.6 Å². The van der Waals surface area contributed by atoms with Gasteiger partial charge in [0.15, 0.2) is 5.82 Å². The fraction of sp³-hybridized carbons (Fsp3) is 0.462. The molecule has 0 bridgehead atoms. The van der Waals surface area contributed by atoms with E-state index in [9.17, 15) is 17.6 Å². The molecule has 0 aliphatic heterocycles. The number of amides is 1. The smallest absolute Gasteiger partial charge is 0.264 e. The van der Waals surface area contributed by atoms with Gasteiger partial charge in [0.05, 0.1) is 5.56 Å². The number of nitrogens with one attached hydrogen (secondary N) is 1. The van der Waals surface area contributed by atoms with Gasteiger partial charge >= 0.3 is 0 Å². The van der Waals surface area contributed by atoms with Crippen molar-refractivity contribution in [1.29, 1.82) is 0 Å². The van der Waals surface area contributed by atoms with Crippen LogP contribution in [0.15, 0.2) is 21.5 Å². The van der Waals surface area contributed by atoms with Gasteiger partial charge in [-0.05, 0) is 31.4 Å². The van der Waals surface area contributed by atoms with Crippen molar-refractivity contribution in [2.24, 2.45) is 5.92 Å². The van der Waals surface area contributed by atoms with E-state index in [2.05, 4.69) is 21.2 Å². The number of hydrogen-bond donors (Lipinski definition) is 1. The van der Waals surface area contributed by atoms with E-state index < -0.39 is 25.7 Å². The lowest BCUT2D eigenvalue weighted by atomic mass is 10.0. The zero-order valence-electron chi connectivity index (χ0n) is 11.8. The fourth-order valence-electron chi connectivity index (χ4n) is 1.97. The van der Waals surface area contributed by atoms with Crippen molar-refractivity contribution in [2.45, 2.75) is 38.1 Å². The Balaban J connectivity index is 3.14. The van der Waals surface area contributed by atoms with Crippen LogP contribution in [0.2, 0.25) is 0 Å². The third-order valence-corrected chi connectivity index (χ3v) is 4.49. The van der Waals surface area contributed by atoms with Crippen LogP contribution in [0.1, 0.15) is 37.6 Å². The monoisotopic (exact) mass is 399 g/mol. The SMILES string of the molecule is CC(C)CC(C)NC(=O)c1cc(Br)cc(S(=O)(=O)Cl)c1F. The minimum atomic E-state index is -4.27. The van der Waals surface area contributed by atoms with Crippen LogP contribution in [0.25, 0.3) is 0 Å². The lowest BCUT2D eigenvalue weighted by Crippen LogP contribution is -2.34. The molecule has 0 aliphatic carbocycles. The molecule has 0 aliphatic rings. The Bertz CT molecular complexity index is 649. The largest absolute Gasteiger partial charge is 0.349 e. The number of hydrogen-bond acceptors (Lipinski definition) is 3. The van der Waals surface area contributed by atoms with Gasteiger partial charge in [-0.25, -0.2) is 12.8 Å². The maximum Gasteiger partial charge on any atom is 0.264 e. The summed E-state index contributed by atoms with van der Waals surface area (Å²) in [5.41, 5.74) is -0.362. The first-order valence-corrected chi connectivity index (χ1v) is 9.37. The van der Waals surface area contributed by atoms with Crippen molar-refractivity contribution < 1.29 is 17.6 Å². The number of halogens is 3. The molecule has 1 rings (SSSR count). The summed E-state index contributed by atoms with van der Waals surface area (Å²) in [6.07, 6.45) is 0.724. The summed E-state index contributed by atoms with van der Waals surface area (Å²) in [6, 6.07) is 2.08. The number of carbonyl (C=O) groups is 1. The lowest BCUT2D eigenvalue weighted by molar-refractivity contribution is 0.0931. The van der Waals surface area contributed by atoms with Gasteiger partial charge in [0.25, 0.3) is 15.0 Å². The molecule has 0 saturated heterocycles. The lowest BCUT2D eigenvalue weighted by Gasteiger charge is -2.16. The quantitative estimate of drug-likeness (QED) is 0.767. The zero-order chi connectivity index (χ0) is 16.4. The standard InChI is InChI=1S/C13H16BrClFNO3S/c1-7(2)4-8(3)17-13(18)10-5-9(14)6-11(12(10)16)21(15,19)20/h5-8H,4H2,1-3H3,(H,17,18). The molecule has 1 amide bonds. The third kappa shape index (κ3) is 5.23. The molecule has 0 spiro atoms. The number of benzene rings is 1. The molecule has 1 N–H and O–H groups in total. The van der Waals surface area contributed by atoms with Crippen LogP contribution in [0.4, 0.5) is 4.39 Å². The molecule has 4 nitrogen and oxygen atoms in total. The van der Waals surface area contributed by atoms with Crippen molar-refractivity contribution in [3.63, 3.8) is 0 Å². The first-order chi connectivity index (χ1) is 9.52.